The molecular formula is C13H14N2O2. The Balaban J connectivity index is 2.45. The number of nitrogens with zero attached hydrogens (tertiary/aromatic N) is 2. The highest BCUT2D eigenvalue weighted by molar-refractivity contribution is 5.76. The number of rotatable bonds is 4. The number of benzene rings is 1. The summed E-state index contributed by atoms with van der Waals surface area (Å²) < 4.78 is 7.06. The number of ether oxygens (including phenoxy) is 1. The first-order valence-electron chi connectivity index (χ1n) is 5.32. The first-order valence-corrected chi connectivity index (χ1v) is 5.32. The summed E-state index contributed by atoms with van der Waals surface area (Å²) in [6, 6.07) is 9.72. The van der Waals surface area contributed by atoms with Crippen LogP contribution in [0, 0.1) is 0 Å². The normalized spacial score (nSPS) is 12.4. The molecule has 0 amide bonds. The van der Waals surface area contributed by atoms with Gasteiger partial charge in [-0.15, -0.1) is 0 Å². The number of carbonyl (C=O) groups excluding carboxylic acids is 1. The first kappa shape index (κ1) is 11.5. The van der Waals surface area contributed by atoms with Crippen LogP contribution in [-0.2, 0) is 11.8 Å². The molecule has 1 unspecified atom stereocenters. The van der Waals surface area contributed by atoms with E-state index in [9.17, 15) is 4.79 Å². The summed E-state index contributed by atoms with van der Waals surface area (Å²) in [5, 5.41) is 4.29. The van der Waals surface area contributed by atoms with Crippen LogP contribution >= 0.6 is 0 Å². The van der Waals surface area contributed by atoms with Gasteiger partial charge in [0.25, 0.3) is 0 Å². The quantitative estimate of drug-likeness (QED) is 0.754. The van der Waals surface area contributed by atoms with Gasteiger partial charge in [-0.25, -0.2) is 0 Å². The highest BCUT2D eigenvalue weighted by Crippen LogP contribution is 2.25. The van der Waals surface area contributed by atoms with E-state index in [4.69, 9.17) is 4.74 Å². The zero-order valence-corrected chi connectivity index (χ0v) is 9.83. The van der Waals surface area contributed by atoms with E-state index in [1.807, 2.05) is 30.3 Å². The molecule has 0 saturated carbocycles. The van der Waals surface area contributed by atoms with Crippen molar-refractivity contribution in [2.24, 2.45) is 7.05 Å². The van der Waals surface area contributed by atoms with E-state index in [-0.39, 0.29) is 6.10 Å². The molecule has 0 aliphatic rings. The number of aromatic nitrogens is 2. The average molecular weight is 230 g/mol. The minimum atomic E-state index is -0.308. The second-order valence-corrected chi connectivity index (χ2v) is 3.79. The van der Waals surface area contributed by atoms with Crippen LogP contribution < -0.4 is 0 Å². The van der Waals surface area contributed by atoms with E-state index < -0.39 is 0 Å². The summed E-state index contributed by atoms with van der Waals surface area (Å²) >= 11 is 0. The van der Waals surface area contributed by atoms with Gasteiger partial charge in [-0.2, -0.15) is 5.10 Å². The van der Waals surface area contributed by atoms with Crippen molar-refractivity contribution in [3.05, 3.63) is 53.3 Å². The fourth-order valence-electron chi connectivity index (χ4n) is 1.85. The maximum Gasteiger partial charge on any atom is 0.153 e. The number of aryl methyl sites for hydroxylation is 1. The van der Waals surface area contributed by atoms with E-state index in [0.29, 0.717) is 11.3 Å². The van der Waals surface area contributed by atoms with Crippen LogP contribution in [0.4, 0.5) is 0 Å². The van der Waals surface area contributed by atoms with Crippen molar-refractivity contribution in [3.8, 4) is 0 Å². The molecule has 0 saturated heterocycles. The lowest BCUT2D eigenvalue weighted by atomic mass is 10.0. The lowest BCUT2D eigenvalue weighted by Gasteiger charge is -2.13. The van der Waals surface area contributed by atoms with Gasteiger partial charge in [0.1, 0.15) is 11.8 Å². The van der Waals surface area contributed by atoms with E-state index >= 15 is 0 Å². The summed E-state index contributed by atoms with van der Waals surface area (Å²) in [6.07, 6.45) is 2.19. The summed E-state index contributed by atoms with van der Waals surface area (Å²) in [5.74, 6) is 0. The van der Waals surface area contributed by atoms with Gasteiger partial charge in [0, 0.05) is 20.4 Å². The average Bonchev–Trinajstić information content (AvgIpc) is 2.73. The molecule has 2 aromatic rings. The van der Waals surface area contributed by atoms with Gasteiger partial charge in [-0.3, -0.25) is 9.48 Å². The predicted molar refractivity (Wildman–Crippen MR) is 63.9 cm³/mol. The molecule has 17 heavy (non-hydrogen) atoms. The molecule has 0 fully saturated rings. The predicted octanol–water partition coefficient (Wildman–Crippen LogP) is 1.97. The van der Waals surface area contributed by atoms with Crippen LogP contribution in [0.25, 0.3) is 0 Å². The van der Waals surface area contributed by atoms with Crippen molar-refractivity contribution in [1.29, 1.82) is 0 Å². The zero-order valence-electron chi connectivity index (χ0n) is 9.83. The van der Waals surface area contributed by atoms with E-state index in [1.54, 1.807) is 25.0 Å². The van der Waals surface area contributed by atoms with Gasteiger partial charge in [-0.05, 0) is 5.56 Å². The lowest BCUT2D eigenvalue weighted by Crippen LogP contribution is -2.07. The van der Waals surface area contributed by atoms with Gasteiger partial charge >= 0.3 is 0 Å². The highest BCUT2D eigenvalue weighted by Gasteiger charge is 2.20. The zero-order chi connectivity index (χ0) is 12.3. The van der Waals surface area contributed by atoms with Gasteiger partial charge in [-0.1, -0.05) is 30.3 Å². The standard InChI is InChI=1S/C13H14N2O2/c1-15-8-11(9-16)12(14-15)13(17-2)10-6-4-3-5-7-10/h3-9,13H,1-2H3. The lowest BCUT2D eigenvalue weighted by molar-refractivity contribution is 0.110. The third kappa shape index (κ3) is 2.26. The number of methoxy groups -OCH3 is 1. The van der Waals surface area contributed by atoms with Gasteiger partial charge in [0.15, 0.2) is 6.29 Å². The van der Waals surface area contributed by atoms with Gasteiger partial charge < -0.3 is 4.74 Å². The molecule has 0 aliphatic heterocycles. The second-order valence-electron chi connectivity index (χ2n) is 3.79. The second kappa shape index (κ2) is 4.93. The molecule has 88 valence electrons. The van der Waals surface area contributed by atoms with Crippen molar-refractivity contribution in [1.82, 2.24) is 9.78 Å². The highest BCUT2D eigenvalue weighted by atomic mass is 16.5. The van der Waals surface area contributed by atoms with Gasteiger partial charge in [0.2, 0.25) is 0 Å². The van der Waals surface area contributed by atoms with E-state index in [0.717, 1.165) is 11.8 Å². The fraction of sp³-hybridized carbons (Fsp3) is 0.231. The molecule has 0 aliphatic carbocycles. The Morgan fingerprint density at radius 2 is 2.06 bits per heavy atom. The van der Waals surface area contributed by atoms with Crippen molar-refractivity contribution >= 4 is 6.29 Å². The molecule has 1 aromatic carbocycles. The molecular weight excluding hydrogens is 216 g/mol. The van der Waals surface area contributed by atoms with E-state index in [1.165, 1.54) is 0 Å². The summed E-state index contributed by atoms with van der Waals surface area (Å²) in [6.45, 7) is 0. The monoisotopic (exact) mass is 230 g/mol. The van der Waals surface area contributed by atoms with Crippen molar-refractivity contribution in [3.63, 3.8) is 0 Å². The maximum atomic E-state index is 11.0. The molecule has 2 rings (SSSR count). The molecule has 1 heterocycles. The Kier molecular flexibility index (Phi) is 3.35. The molecule has 4 nitrogen and oxygen atoms in total. The van der Waals surface area contributed by atoms with Crippen LogP contribution in [0.1, 0.15) is 27.7 Å². The molecule has 4 heteroatoms. The van der Waals surface area contributed by atoms with Crippen molar-refractivity contribution in [2.45, 2.75) is 6.10 Å². The smallest absolute Gasteiger partial charge is 0.153 e. The molecule has 0 bridgehead atoms. The third-order valence-corrected chi connectivity index (χ3v) is 2.60. The topological polar surface area (TPSA) is 44.1 Å². The SMILES string of the molecule is COC(c1ccccc1)c1nn(C)cc1C=O. The maximum absolute atomic E-state index is 11.0. The Morgan fingerprint density at radius 1 is 1.35 bits per heavy atom. The van der Waals surface area contributed by atoms with Gasteiger partial charge in [0.05, 0.1) is 5.56 Å². The Labute approximate surface area is 99.8 Å². The van der Waals surface area contributed by atoms with Crippen LogP contribution in [0.5, 0.6) is 0 Å². The minimum absolute atomic E-state index is 0.308. The van der Waals surface area contributed by atoms with Crippen molar-refractivity contribution < 1.29 is 9.53 Å². The molecule has 0 spiro atoms. The molecule has 1 aromatic heterocycles. The Bertz CT molecular complexity index is 505. The first-order chi connectivity index (χ1) is 8.26. The number of hydrogen-bond acceptors (Lipinski definition) is 3. The summed E-state index contributed by atoms with van der Waals surface area (Å²) in [5.41, 5.74) is 2.19. The van der Waals surface area contributed by atoms with Crippen LogP contribution in [0.3, 0.4) is 0 Å². The fourth-order valence-corrected chi connectivity index (χ4v) is 1.85. The summed E-state index contributed by atoms with van der Waals surface area (Å²) in [4.78, 5) is 11.0. The Morgan fingerprint density at radius 3 is 2.65 bits per heavy atom. The minimum Gasteiger partial charge on any atom is -0.370 e. The van der Waals surface area contributed by atoms with Crippen LogP contribution in [-0.4, -0.2) is 23.2 Å². The molecule has 0 N–H and O–H groups in total. The summed E-state index contributed by atoms with van der Waals surface area (Å²) in [7, 11) is 3.40. The molecule has 0 radical (unpaired) electrons. The van der Waals surface area contributed by atoms with Crippen LogP contribution in [0.2, 0.25) is 0 Å². The third-order valence-electron chi connectivity index (χ3n) is 2.60. The number of carbonyl (C=O) groups is 1. The Hall–Kier alpha value is -1.94. The van der Waals surface area contributed by atoms with E-state index in [2.05, 4.69) is 5.10 Å². The molecule has 1 atom stereocenters. The number of aldehydes is 1. The van der Waals surface area contributed by atoms with Crippen LogP contribution in [0.15, 0.2) is 36.5 Å². The van der Waals surface area contributed by atoms with Crippen molar-refractivity contribution in [2.75, 3.05) is 7.11 Å². The largest absolute Gasteiger partial charge is 0.370 e. The number of hydrogen-bond donors (Lipinski definition) is 0.